The van der Waals surface area contributed by atoms with Gasteiger partial charge in [-0.15, -0.1) is 17.2 Å². The Labute approximate surface area is 123 Å². The Balaban J connectivity index is 4.37. The molecule has 0 radical (unpaired) electrons. The molecule has 0 atom stereocenters. The quantitative estimate of drug-likeness (QED) is 0.241. The van der Waals surface area contributed by atoms with E-state index >= 15 is 0 Å². The van der Waals surface area contributed by atoms with E-state index in [2.05, 4.69) is 64.2 Å². The molecule has 0 aromatic rings. The molecule has 0 spiro atoms. The highest BCUT2D eigenvalue weighted by Crippen LogP contribution is 2.20. The smallest absolute Gasteiger partial charge is 0.134 e. The van der Waals surface area contributed by atoms with Gasteiger partial charge in [0.25, 0.3) is 0 Å². The zero-order chi connectivity index (χ0) is 14.9. The van der Waals surface area contributed by atoms with E-state index in [9.17, 15) is 0 Å². The van der Waals surface area contributed by atoms with Crippen LogP contribution in [0, 0.1) is 11.5 Å². The van der Waals surface area contributed by atoms with Crippen LogP contribution in [0.3, 0.4) is 0 Å². The Kier molecular flexibility index (Phi) is 8.42. The molecule has 108 valence electrons. The van der Waals surface area contributed by atoms with E-state index < -0.39 is 16.1 Å². The molecule has 0 amide bonds. The van der Waals surface area contributed by atoms with Crippen LogP contribution in [0.25, 0.3) is 0 Å². The Bertz CT molecular complexity index is 358. The number of unbranched alkanes of at least 4 members (excludes halogenated alkanes) is 1. The molecular formula is C17H32Si2. The van der Waals surface area contributed by atoms with Crippen molar-refractivity contribution < 1.29 is 0 Å². The summed E-state index contributed by atoms with van der Waals surface area (Å²) in [6.07, 6.45) is 3.37. The van der Waals surface area contributed by atoms with Crippen molar-refractivity contribution >= 4 is 16.1 Å². The normalized spacial score (nSPS) is 11.5. The molecule has 0 N–H and O–H groups in total. The Hall–Kier alpha value is -0.486. The fourth-order valence-corrected chi connectivity index (χ4v) is 6.33. The summed E-state index contributed by atoms with van der Waals surface area (Å²) in [4.78, 5) is 0. The summed E-state index contributed by atoms with van der Waals surface area (Å²) in [5.74, 6) is 3.48. The highest BCUT2D eigenvalue weighted by atomic mass is 28.3. The third-order valence-corrected chi connectivity index (χ3v) is 11.2. The van der Waals surface area contributed by atoms with Gasteiger partial charge in [-0.25, -0.2) is 0 Å². The summed E-state index contributed by atoms with van der Waals surface area (Å²) >= 11 is 0. The van der Waals surface area contributed by atoms with Crippen LogP contribution in [-0.4, -0.2) is 16.1 Å². The van der Waals surface area contributed by atoms with Crippen LogP contribution in [-0.2, 0) is 0 Å². The Morgan fingerprint density at radius 1 is 1.00 bits per heavy atom. The third-order valence-electron chi connectivity index (χ3n) is 4.23. The van der Waals surface area contributed by atoms with E-state index in [1.54, 1.807) is 0 Å². The van der Waals surface area contributed by atoms with Crippen LogP contribution in [0.1, 0.15) is 40.0 Å². The van der Waals surface area contributed by atoms with E-state index in [-0.39, 0.29) is 0 Å². The van der Waals surface area contributed by atoms with Gasteiger partial charge in [0.05, 0.1) is 8.07 Å². The van der Waals surface area contributed by atoms with Crippen LogP contribution in [0.2, 0.25) is 37.8 Å². The van der Waals surface area contributed by atoms with E-state index in [1.807, 2.05) is 0 Å². The lowest BCUT2D eigenvalue weighted by atomic mass is 10.2. The third kappa shape index (κ3) is 6.48. The van der Waals surface area contributed by atoms with Gasteiger partial charge in [0.2, 0.25) is 0 Å². The first-order valence-corrected chi connectivity index (χ1v) is 13.9. The van der Waals surface area contributed by atoms with Crippen molar-refractivity contribution in [3.63, 3.8) is 0 Å². The van der Waals surface area contributed by atoms with Crippen LogP contribution in [0.4, 0.5) is 0 Å². The lowest BCUT2D eigenvalue weighted by Crippen LogP contribution is -2.29. The maximum absolute atomic E-state index is 3.85. The molecule has 19 heavy (non-hydrogen) atoms. The first kappa shape index (κ1) is 18.5. The highest BCUT2D eigenvalue weighted by molar-refractivity contribution is 6.87. The second-order valence-electron chi connectivity index (χ2n) is 6.40. The van der Waals surface area contributed by atoms with Crippen molar-refractivity contribution in [1.82, 2.24) is 0 Å². The molecule has 0 aliphatic heterocycles. The van der Waals surface area contributed by atoms with E-state index in [1.165, 1.54) is 29.7 Å². The molecule has 0 aromatic carbocycles. The van der Waals surface area contributed by atoms with E-state index in [0.29, 0.717) is 0 Å². The fourth-order valence-electron chi connectivity index (χ4n) is 2.35. The van der Waals surface area contributed by atoms with Gasteiger partial charge in [-0.1, -0.05) is 47.0 Å². The topological polar surface area (TPSA) is 0 Å². The average Bonchev–Trinajstić information content (AvgIpc) is 2.37. The minimum Gasteiger partial charge on any atom is -0.134 e. The molecule has 0 unspecified atom stereocenters. The molecule has 0 rings (SSSR count). The van der Waals surface area contributed by atoms with Crippen molar-refractivity contribution in [2.45, 2.75) is 77.8 Å². The molecule has 0 nitrogen and oxygen atoms in total. The number of rotatable bonds is 7. The van der Waals surface area contributed by atoms with Crippen molar-refractivity contribution in [1.29, 1.82) is 0 Å². The lowest BCUT2D eigenvalue weighted by Gasteiger charge is -2.20. The van der Waals surface area contributed by atoms with Gasteiger partial charge in [-0.05, 0) is 36.2 Å². The molecular weight excluding hydrogens is 260 g/mol. The van der Waals surface area contributed by atoms with Crippen LogP contribution in [0.5, 0.6) is 0 Å². The summed E-state index contributed by atoms with van der Waals surface area (Å²) < 4.78 is 0. The number of hydrogen-bond acceptors (Lipinski definition) is 0. The largest absolute Gasteiger partial charge is 0.137 e. The van der Waals surface area contributed by atoms with Crippen LogP contribution in [0.15, 0.2) is 17.5 Å². The van der Waals surface area contributed by atoms with Crippen molar-refractivity contribution in [3.05, 3.63) is 17.5 Å². The molecule has 0 aliphatic carbocycles. The second kappa shape index (κ2) is 8.64. The van der Waals surface area contributed by atoms with Crippen molar-refractivity contribution in [2.75, 3.05) is 0 Å². The van der Waals surface area contributed by atoms with E-state index in [0.717, 1.165) is 12.8 Å². The highest BCUT2D eigenvalue weighted by Gasteiger charge is 2.24. The molecule has 0 fully saturated rings. The summed E-state index contributed by atoms with van der Waals surface area (Å²) in [5, 5.41) is 1.47. The van der Waals surface area contributed by atoms with Crippen molar-refractivity contribution in [3.8, 4) is 11.5 Å². The minimum absolute atomic E-state index is 1.05. The molecule has 0 bridgehead atoms. The lowest BCUT2D eigenvalue weighted by molar-refractivity contribution is 0.869. The summed E-state index contributed by atoms with van der Waals surface area (Å²) in [6, 6.07) is 3.92. The predicted molar refractivity (Wildman–Crippen MR) is 94.8 cm³/mol. The maximum Gasteiger partial charge on any atom is 0.137 e. The first-order valence-electron chi connectivity index (χ1n) is 7.74. The fraction of sp³-hybridized carbons (Fsp3) is 0.706. The summed E-state index contributed by atoms with van der Waals surface area (Å²) in [7, 11) is -2.43. The SMILES string of the molecule is C=C=C(CCCC#C[Si](CC)(CC)CC)[Si](C)(C)C. The van der Waals surface area contributed by atoms with Crippen LogP contribution >= 0.6 is 0 Å². The van der Waals surface area contributed by atoms with Gasteiger partial charge in [0, 0.05) is 6.42 Å². The second-order valence-corrected chi connectivity index (χ2v) is 16.4. The minimum atomic E-state index is -1.23. The van der Waals surface area contributed by atoms with Gasteiger partial charge in [-0.2, -0.15) is 0 Å². The van der Waals surface area contributed by atoms with Gasteiger partial charge >= 0.3 is 0 Å². The van der Waals surface area contributed by atoms with E-state index in [4.69, 9.17) is 0 Å². The van der Waals surface area contributed by atoms with Gasteiger partial charge in [0.15, 0.2) is 0 Å². The Morgan fingerprint density at radius 3 is 1.89 bits per heavy atom. The monoisotopic (exact) mass is 292 g/mol. The molecule has 0 aliphatic rings. The zero-order valence-corrected chi connectivity index (χ0v) is 15.9. The maximum atomic E-state index is 3.85. The molecule has 0 saturated carbocycles. The van der Waals surface area contributed by atoms with Gasteiger partial charge < -0.3 is 0 Å². The number of hydrogen-bond donors (Lipinski definition) is 0. The van der Waals surface area contributed by atoms with Crippen LogP contribution < -0.4 is 0 Å². The van der Waals surface area contributed by atoms with Crippen molar-refractivity contribution in [2.24, 2.45) is 0 Å². The average molecular weight is 293 g/mol. The molecule has 0 saturated heterocycles. The number of allylic oxidation sites excluding steroid dienone is 1. The zero-order valence-electron chi connectivity index (χ0n) is 13.9. The standard InChI is InChI=1S/C17H32Si2/c1-8-17(18(5,6)7)15-13-12-14-16-19(9-2,10-3)11-4/h1,9-13,15H2,2-7H3. The molecule has 0 aromatic heterocycles. The van der Waals surface area contributed by atoms with Gasteiger partial charge in [0.1, 0.15) is 8.07 Å². The summed E-state index contributed by atoms with van der Waals surface area (Å²) in [5.41, 5.74) is 6.84. The molecule has 2 heteroatoms. The summed E-state index contributed by atoms with van der Waals surface area (Å²) in [6.45, 7) is 17.9. The first-order chi connectivity index (χ1) is 8.85. The van der Waals surface area contributed by atoms with Gasteiger partial charge in [-0.3, -0.25) is 0 Å². The Morgan fingerprint density at radius 2 is 1.53 bits per heavy atom. The molecule has 0 heterocycles. The predicted octanol–water partition coefficient (Wildman–Crippen LogP) is 5.80.